The fraction of sp³-hybridized carbons (Fsp3) is 0.393. The molecule has 1 saturated carbocycles. The predicted octanol–water partition coefficient (Wildman–Crippen LogP) is 9.39. The van der Waals surface area contributed by atoms with Crippen molar-refractivity contribution < 1.29 is 37.3 Å². The number of carbonyl (C=O) groups is 4. The smallest absolute Gasteiger partial charge is 0.293 e. The van der Waals surface area contributed by atoms with Crippen LogP contribution in [0.25, 0.3) is 16.6 Å². The number of nitrogens with one attached hydrogen (secondary N) is 5. The highest BCUT2D eigenvalue weighted by Gasteiger charge is 2.40. The van der Waals surface area contributed by atoms with Gasteiger partial charge in [-0.25, -0.2) is 18.1 Å². The first-order valence-electron chi connectivity index (χ1n) is 28.2. The maximum Gasteiger partial charge on any atom is 0.293 e. The third-order valence-electron chi connectivity index (χ3n) is 17.0. The monoisotopic (exact) mass is 1150 g/mol. The Balaban J connectivity index is 0.706. The van der Waals surface area contributed by atoms with Gasteiger partial charge in [-0.2, -0.15) is 0 Å². The second-order valence-corrected chi connectivity index (χ2v) is 25.2. The number of benzene rings is 4. The molecule has 3 fully saturated rings. The standard InChI is InChI=1S/C61H67ClN10O9S/c1-61(2)23-20-42(50(33-61)40-8-10-43(62)11-9-40)36-69-26-28-70(29-27-69)45-14-16-49(55(31-45)81-46-30-41-22-25-64-57(41)66-35-46)58(74)68-82(79,80)47-15-17-52(54(32-47)72(77)78)65-34-38-6-12-44(13-7-38)63-24-21-39-4-3-5-48-51(39)37-71(60(48)76)53-18-19-56(73)67-59(53)75/h3-5,8-11,14-17,22,25,30-32,35,38,44,53,63,65H,6-7,12-13,18-21,23-24,26-29,33-34,36-37H2,1-2H3,(H,64,66)(H,68,74)(H,67,73,75). The molecule has 4 aromatic carbocycles. The molecule has 5 aliphatic rings. The largest absolute Gasteiger partial charge is 0.455 e. The lowest BCUT2D eigenvalue weighted by Crippen LogP contribution is -2.52. The Morgan fingerprint density at radius 1 is 0.927 bits per heavy atom. The summed E-state index contributed by atoms with van der Waals surface area (Å²) in [6, 6.07) is 25.6. The molecule has 428 valence electrons. The van der Waals surface area contributed by atoms with E-state index in [1.807, 2.05) is 30.3 Å². The first kappa shape index (κ1) is 56.2. The van der Waals surface area contributed by atoms with Crippen LogP contribution in [-0.4, -0.2) is 115 Å². The molecular formula is C61H67ClN10O9S. The van der Waals surface area contributed by atoms with E-state index in [9.17, 15) is 37.7 Å². The first-order valence-corrected chi connectivity index (χ1v) is 30.1. The molecule has 21 heteroatoms. The Hall–Kier alpha value is -7.65. The number of aromatic amines is 1. The first-order chi connectivity index (χ1) is 39.4. The van der Waals surface area contributed by atoms with E-state index in [0.29, 0.717) is 62.5 Å². The number of ether oxygens (including phenoxy) is 1. The van der Waals surface area contributed by atoms with Crippen molar-refractivity contribution in [2.75, 3.05) is 56.0 Å². The van der Waals surface area contributed by atoms with Gasteiger partial charge < -0.3 is 30.2 Å². The molecular weight excluding hydrogens is 1080 g/mol. The second-order valence-electron chi connectivity index (χ2n) is 23.1. The Labute approximate surface area is 481 Å². The molecule has 1 unspecified atom stereocenters. The number of hydrogen-bond acceptors (Lipinski definition) is 14. The molecule has 2 aliphatic carbocycles. The zero-order chi connectivity index (χ0) is 57.3. The van der Waals surface area contributed by atoms with Crippen molar-refractivity contribution >= 4 is 78.9 Å². The van der Waals surface area contributed by atoms with Crippen LogP contribution in [0.2, 0.25) is 5.02 Å². The van der Waals surface area contributed by atoms with E-state index < -0.39 is 43.4 Å². The van der Waals surface area contributed by atoms with Crippen LogP contribution in [0.3, 0.4) is 0 Å². The highest BCUT2D eigenvalue weighted by molar-refractivity contribution is 7.90. The number of nitrogens with zero attached hydrogens (tertiary/aromatic N) is 5. The number of piperidine rings is 1. The summed E-state index contributed by atoms with van der Waals surface area (Å²) < 4.78 is 36.5. The van der Waals surface area contributed by atoms with Gasteiger partial charge in [0.2, 0.25) is 11.8 Å². The zero-order valence-corrected chi connectivity index (χ0v) is 47.5. The molecule has 6 aromatic rings. The zero-order valence-electron chi connectivity index (χ0n) is 46.0. The molecule has 5 heterocycles. The van der Waals surface area contributed by atoms with Crippen LogP contribution in [0.5, 0.6) is 11.5 Å². The van der Waals surface area contributed by atoms with E-state index in [4.69, 9.17) is 16.3 Å². The van der Waals surface area contributed by atoms with E-state index in [2.05, 4.69) is 66.4 Å². The van der Waals surface area contributed by atoms with Gasteiger partial charge >= 0.3 is 0 Å². The van der Waals surface area contributed by atoms with E-state index in [-0.39, 0.29) is 52.6 Å². The number of hydrogen-bond donors (Lipinski definition) is 5. The van der Waals surface area contributed by atoms with E-state index >= 15 is 0 Å². The number of amides is 4. The lowest BCUT2D eigenvalue weighted by atomic mass is 9.72. The average molecular weight is 1150 g/mol. The quantitative estimate of drug-likeness (QED) is 0.0306. The van der Waals surface area contributed by atoms with Crippen LogP contribution < -0.4 is 30.3 Å². The number of aromatic nitrogens is 2. The predicted molar refractivity (Wildman–Crippen MR) is 313 cm³/mol. The van der Waals surface area contributed by atoms with Crippen molar-refractivity contribution in [2.24, 2.45) is 11.3 Å². The summed E-state index contributed by atoms with van der Waals surface area (Å²) in [5, 5.41) is 23.2. The lowest BCUT2D eigenvalue weighted by molar-refractivity contribution is -0.384. The summed E-state index contributed by atoms with van der Waals surface area (Å²) in [6.07, 6.45) is 11.1. The van der Waals surface area contributed by atoms with Crippen LogP contribution in [0.15, 0.2) is 114 Å². The number of sulfonamides is 1. The number of rotatable bonds is 18. The van der Waals surface area contributed by atoms with Gasteiger partial charge in [0, 0.05) is 98.3 Å². The van der Waals surface area contributed by atoms with E-state index in [1.54, 1.807) is 35.4 Å². The highest BCUT2D eigenvalue weighted by Crippen LogP contribution is 2.44. The number of H-pyrrole nitrogens is 1. The van der Waals surface area contributed by atoms with Gasteiger partial charge in [-0.3, -0.25) is 39.5 Å². The van der Waals surface area contributed by atoms with Crippen molar-refractivity contribution in [2.45, 2.75) is 102 Å². The second kappa shape index (κ2) is 23.7. The summed E-state index contributed by atoms with van der Waals surface area (Å²) in [5.74, 6) is -1.28. The summed E-state index contributed by atoms with van der Waals surface area (Å²) in [7, 11) is -4.63. The fourth-order valence-corrected chi connectivity index (χ4v) is 13.4. The van der Waals surface area contributed by atoms with E-state index in [0.717, 1.165) is 97.9 Å². The molecule has 0 spiro atoms. The SMILES string of the molecule is CC1(C)CCC(CN2CCN(c3ccc(C(=O)NS(=O)(=O)c4ccc(NCC5CCC(NCCc6cccc7c6CN(C6CCC(=O)NC6=O)C7=O)CC5)c([N+](=O)[O-])c4)c(Oc4cnc5[nH]ccc5c4)c3)CC2)=C(c2ccc(Cl)cc2)C1. The molecule has 1 atom stereocenters. The van der Waals surface area contributed by atoms with E-state index in [1.165, 1.54) is 41.1 Å². The number of fused-ring (bicyclic) bond motifs is 2. The van der Waals surface area contributed by atoms with Crippen molar-refractivity contribution in [3.63, 3.8) is 0 Å². The minimum Gasteiger partial charge on any atom is -0.455 e. The maximum atomic E-state index is 14.2. The number of carbonyl (C=O) groups excluding carboxylic acids is 4. The Morgan fingerprint density at radius 2 is 1.72 bits per heavy atom. The molecule has 19 nitrogen and oxygen atoms in total. The molecule has 2 aromatic heterocycles. The number of halogens is 1. The topological polar surface area (TPSA) is 241 Å². The fourth-order valence-electron chi connectivity index (χ4n) is 12.3. The minimum absolute atomic E-state index is 0.0585. The summed E-state index contributed by atoms with van der Waals surface area (Å²) in [4.78, 5) is 76.9. The van der Waals surface area contributed by atoms with Gasteiger partial charge in [0.05, 0.1) is 21.6 Å². The van der Waals surface area contributed by atoms with Crippen molar-refractivity contribution in [3.8, 4) is 11.5 Å². The highest BCUT2D eigenvalue weighted by atomic mass is 35.5. The van der Waals surface area contributed by atoms with Gasteiger partial charge in [-0.15, -0.1) is 0 Å². The van der Waals surface area contributed by atoms with Gasteiger partial charge in [-0.1, -0.05) is 55.3 Å². The molecule has 0 bridgehead atoms. The third-order valence-corrected chi connectivity index (χ3v) is 18.6. The lowest BCUT2D eigenvalue weighted by Gasteiger charge is -2.39. The van der Waals surface area contributed by atoms with Crippen LogP contribution in [0.1, 0.15) is 109 Å². The maximum absolute atomic E-state index is 14.2. The number of anilines is 2. The molecule has 3 aliphatic heterocycles. The molecule has 82 heavy (non-hydrogen) atoms. The summed E-state index contributed by atoms with van der Waals surface area (Å²) >= 11 is 6.27. The van der Waals surface area contributed by atoms with Crippen LogP contribution in [-0.2, 0) is 32.6 Å². The number of pyridine rings is 1. The van der Waals surface area contributed by atoms with Crippen LogP contribution in [0, 0.1) is 21.4 Å². The Morgan fingerprint density at radius 3 is 2.49 bits per heavy atom. The van der Waals surface area contributed by atoms with Crippen LogP contribution >= 0.6 is 11.6 Å². The van der Waals surface area contributed by atoms with Gasteiger partial charge in [0.25, 0.3) is 27.5 Å². The van der Waals surface area contributed by atoms with Gasteiger partial charge in [0.1, 0.15) is 28.9 Å². The third kappa shape index (κ3) is 12.5. The molecule has 2 saturated heterocycles. The normalized spacial score (nSPS) is 20.4. The number of allylic oxidation sites excluding steroid dienone is 1. The van der Waals surface area contributed by atoms with Crippen molar-refractivity contribution in [1.82, 2.24) is 35.1 Å². The summed E-state index contributed by atoms with van der Waals surface area (Å²) in [6.45, 7) is 9.99. The number of imide groups is 1. The minimum atomic E-state index is -4.63. The molecule has 5 N–H and O–H groups in total. The molecule has 4 amide bonds. The molecule has 0 radical (unpaired) electrons. The molecule has 11 rings (SSSR count). The van der Waals surface area contributed by atoms with Crippen molar-refractivity contribution in [1.29, 1.82) is 0 Å². The van der Waals surface area contributed by atoms with Gasteiger partial charge in [0.15, 0.2) is 0 Å². The Kier molecular flexibility index (Phi) is 16.2. The number of nitro groups is 1. The van der Waals surface area contributed by atoms with Crippen LogP contribution in [0.4, 0.5) is 17.1 Å². The van der Waals surface area contributed by atoms with Gasteiger partial charge in [-0.05, 0) is 153 Å². The summed E-state index contributed by atoms with van der Waals surface area (Å²) in [5.41, 5.74) is 7.93. The van der Waals surface area contributed by atoms with Crippen molar-refractivity contribution in [3.05, 3.63) is 152 Å². The Bertz CT molecular complexity index is 3610. The number of nitro benzene ring substituents is 1. The number of piperazine rings is 1. The average Bonchev–Trinajstić information content (AvgIpc) is 4.16.